The van der Waals surface area contributed by atoms with Gasteiger partial charge in [0.1, 0.15) is 6.54 Å². The van der Waals surface area contributed by atoms with E-state index in [-0.39, 0.29) is 0 Å². The van der Waals surface area contributed by atoms with Crippen LogP contribution in [0.2, 0.25) is 0 Å². The van der Waals surface area contributed by atoms with E-state index in [4.69, 9.17) is 5.11 Å². The molecule has 0 aliphatic heterocycles. The number of carboxylic acids is 1. The number of benzene rings is 1. The maximum absolute atomic E-state index is 12.0. The van der Waals surface area contributed by atoms with Gasteiger partial charge in [-0.2, -0.15) is 0 Å². The summed E-state index contributed by atoms with van der Waals surface area (Å²) in [7, 11) is -3.09. The van der Waals surface area contributed by atoms with Gasteiger partial charge in [0.25, 0.3) is 5.69 Å². The maximum Gasteiger partial charge on any atom is 0.323 e. The molecule has 0 radical (unpaired) electrons. The summed E-state index contributed by atoms with van der Waals surface area (Å²) in [6, 6.07) is 4.67. The van der Waals surface area contributed by atoms with Gasteiger partial charge in [-0.1, -0.05) is 12.1 Å². The van der Waals surface area contributed by atoms with Crippen molar-refractivity contribution >= 4 is 27.6 Å². The molecule has 0 fully saturated rings. The lowest BCUT2D eigenvalue weighted by atomic mass is 10.3. The van der Waals surface area contributed by atoms with Gasteiger partial charge in [-0.15, -0.1) is 0 Å². The third-order valence-corrected chi connectivity index (χ3v) is 4.01. The Morgan fingerprint density at radius 3 is 2.50 bits per heavy atom. The predicted molar refractivity (Wildman–Crippen MR) is 73.6 cm³/mol. The Hall–Kier alpha value is -2.53. The summed E-state index contributed by atoms with van der Waals surface area (Å²) in [4.78, 5) is 32.2. The van der Waals surface area contributed by atoms with Gasteiger partial charge < -0.3 is 10.0 Å². The summed E-state index contributed by atoms with van der Waals surface area (Å²) in [6.45, 7) is -1.30. The van der Waals surface area contributed by atoms with Gasteiger partial charge >= 0.3 is 5.97 Å². The highest BCUT2D eigenvalue weighted by molar-refractivity contribution is 7.89. The Kier molecular flexibility index (Phi) is 5.54. The van der Waals surface area contributed by atoms with Crippen LogP contribution in [0, 0.1) is 10.1 Å². The molecule has 120 valence electrons. The van der Waals surface area contributed by atoms with E-state index in [9.17, 15) is 28.1 Å². The topological polar surface area (TPSA) is 147 Å². The quantitative estimate of drug-likeness (QED) is 0.501. The number of sulfonamides is 1. The first kappa shape index (κ1) is 17.5. The minimum atomic E-state index is -4.28. The lowest BCUT2D eigenvalue weighted by Gasteiger charge is -2.14. The van der Waals surface area contributed by atoms with Gasteiger partial charge in [0.15, 0.2) is 4.90 Å². The molecule has 1 aromatic carbocycles. The van der Waals surface area contributed by atoms with Crippen LogP contribution in [0.4, 0.5) is 5.69 Å². The molecule has 0 aliphatic carbocycles. The summed E-state index contributed by atoms with van der Waals surface area (Å²) < 4.78 is 25.9. The molecule has 1 aromatic rings. The van der Waals surface area contributed by atoms with Crippen molar-refractivity contribution in [3.05, 3.63) is 34.4 Å². The zero-order valence-corrected chi connectivity index (χ0v) is 12.2. The van der Waals surface area contributed by atoms with E-state index in [0.29, 0.717) is 0 Å². The standard InChI is InChI=1S/C11H13N3O7S/c1-13(7-11(16)17)10(15)6-12-22(20,21)9-5-3-2-4-8(9)14(18)19/h2-5,12H,6-7H2,1H3,(H,16,17). The number of amides is 1. The van der Waals surface area contributed by atoms with Crippen LogP contribution in [0.15, 0.2) is 29.2 Å². The molecule has 0 saturated carbocycles. The molecule has 1 rings (SSSR count). The Balaban J connectivity index is 2.87. The number of nitrogens with one attached hydrogen (secondary N) is 1. The molecule has 0 aliphatic rings. The Labute approximate surface area is 125 Å². The van der Waals surface area contributed by atoms with E-state index >= 15 is 0 Å². The fourth-order valence-electron chi connectivity index (χ4n) is 1.50. The minimum Gasteiger partial charge on any atom is -0.480 e. The van der Waals surface area contributed by atoms with Crippen molar-refractivity contribution < 1.29 is 28.0 Å². The van der Waals surface area contributed by atoms with Crippen LogP contribution in [0.3, 0.4) is 0 Å². The monoisotopic (exact) mass is 331 g/mol. The number of carbonyl (C=O) groups excluding carboxylic acids is 1. The highest BCUT2D eigenvalue weighted by atomic mass is 32.2. The Morgan fingerprint density at radius 1 is 1.36 bits per heavy atom. The first-order valence-electron chi connectivity index (χ1n) is 5.84. The van der Waals surface area contributed by atoms with Gasteiger partial charge in [0, 0.05) is 13.1 Å². The van der Waals surface area contributed by atoms with Crippen molar-refractivity contribution in [2.45, 2.75) is 4.90 Å². The number of carboxylic acid groups (broad SMARTS) is 1. The summed E-state index contributed by atoms with van der Waals surface area (Å²) in [5.41, 5.74) is -0.624. The van der Waals surface area contributed by atoms with Gasteiger partial charge in [0.2, 0.25) is 15.9 Å². The Morgan fingerprint density at radius 2 is 1.95 bits per heavy atom. The van der Waals surface area contributed by atoms with Crippen molar-refractivity contribution in [2.24, 2.45) is 0 Å². The number of hydrogen-bond donors (Lipinski definition) is 2. The van der Waals surface area contributed by atoms with Crippen LogP contribution in [-0.4, -0.2) is 55.4 Å². The molecule has 0 bridgehead atoms. The molecular weight excluding hydrogens is 318 g/mol. The summed E-state index contributed by atoms with van der Waals surface area (Å²) in [6.07, 6.45) is 0. The normalized spacial score (nSPS) is 11.0. The number of aliphatic carboxylic acids is 1. The summed E-state index contributed by atoms with van der Waals surface area (Å²) in [5.74, 6) is -2.04. The number of carbonyl (C=O) groups is 2. The molecule has 11 heteroatoms. The lowest BCUT2D eigenvalue weighted by Crippen LogP contribution is -2.40. The molecular formula is C11H13N3O7S. The second kappa shape index (κ2) is 6.95. The number of likely N-dealkylation sites (N-methyl/N-ethyl adjacent to an activating group) is 1. The molecule has 0 unspecified atom stereocenters. The summed E-state index contributed by atoms with van der Waals surface area (Å²) >= 11 is 0. The molecule has 0 heterocycles. The van der Waals surface area contributed by atoms with E-state index in [0.717, 1.165) is 17.0 Å². The lowest BCUT2D eigenvalue weighted by molar-refractivity contribution is -0.387. The minimum absolute atomic E-state index is 0.575. The highest BCUT2D eigenvalue weighted by Gasteiger charge is 2.26. The number of para-hydroxylation sites is 1. The third-order valence-electron chi connectivity index (χ3n) is 2.56. The second-order valence-electron chi connectivity index (χ2n) is 4.19. The number of rotatable bonds is 7. The fourth-order valence-corrected chi connectivity index (χ4v) is 2.64. The van der Waals surface area contributed by atoms with Crippen LogP contribution in [0.25, 0.3) is 0 Å². The second-order valence-corrected chi connectivity index (χ2v) is 5.93. The zero-order valence-electron chi connectivity index (χ0n) is 11.4. The SMILES string of the molecule is CN(CC(=O)O)C(=O)CNS(=O)(=O)c1ccccc1[N+](=O)[O-]. The molecule has 2 N–H and O–H groups in total. The van der Waals surface area contributed by atoms with E-state index in [1.807, 2.05) is 4.72 Å². The van der Waals surface area contributed by atoms with Crippen molar-refractivity contribution in [2.75, 3.05) is 20.1 Å². The van der Waals surface area contributed by atoms with E-state index in [1.165, 1.54) is 19.2 Å². The van der Waals surface area contributed by atoms with Crippen molar-refractivity contribution in [3.8, 4) is 0 Å². The molecule has 1 amide bonds. The van der Waals surface area contributed by atoms with Crippen LogP contribution in [-0.2, 0) is 19.6 Å². The Bertz CT molecular complexity index is 701. The molecule has 0 spiro atoms. The van der Waals surface area contributed by atoms with E-state index in [1.54, 1.807) is 0 Å². The average Bonchev–Trinajstić information content (AvgIpc) is 2.44. The smallest absolute Gasteiger partial charge is 0.323 e. The van der Waals surface area contributed by atoms with Crippen LogP contribution in [0.5, 0.6) is 0 Å². The zero-order chi connectivity index (χ0) is 16.9. The largest absolute Gasteiger partial charge is 0.480 e. The van der Waals surface area contributed by atoms with Crippen LogP contribution >= 0.6 is 0 Å². The number of nitrogens with zero attached hydrogens (tertiary/aromatic N) is 2. The van der Waals surface area contributed by atoms with E-state index in [2.05, 4.69) is 0 Å². The fraction of sp³-hybridized carbons (Fsp3) is 0.273. The van der Waals surface area contributed by atoms with Crippen LogP contribution in [0.1, 0.15) is 0 Å². The average molecular weight is 331 g/mol. The molecule has 0 aromatic heterocycles. The predicted octanol–water partition coefficient (Wildman–Crippen LogP) is -0.584. The number of nitro groups is 1. The molecule has 0 saturated heterocycles. The maximum atomic E-state index is 12.0. The van der Waals surface area contributed by atoms with Crippen molar-refractivity contribution in [1.82, 2.24) is 9.62 Å². The van der Waals surface area contributed by atoms with E-state index < -0.39 is 50.5 Å². The number of hydrogen-bond acceptors (Lipinski definition) is 6. The van der Waals surface area contributed by atoms with Crippen LogP contribution < -0.4 is 4.72 Å². The first-order chi connectivity index (χ1) is 10.1. The molecule has 0 atom stereocenters. The third kappa shape index (κ3) is 4.49. The van der Waals surface area contributed by atoms with Gasteiger partial charge in [-0.3, -0.25) is 19.7 Å². The summed E-state index contributed by atoms with van der Waals surface area (Å²) in [5, 5.41) is 19.3. The van der Waals surface area contributed by atoms with Crippen molar-refractivity contribution in [3.63, 3.8) is 0 Å². The number of nitro benzene ring substituents is 1. The molecule has 10 nitrogen and oxygen atoms in total. The van der Waals surface area contributed by atoms with Gasteiger partial charge in [-0.25, -0.2) is 13.1 Å². The van der Waals surface area contributed by atoms with Gasteiger partial charge in [0.05, 0.1) is 11.5 Å². The first-order valence-corrected chi connectivity index (χ1v) is 7.32. The molecule has 22 heavy (non-hydrogen) atoms. The van der Waals surface area contributed by atoms with Crippen molar-refractivity contribution in [1.29, 1.82) is 0 Å². The van der Waals surface area contributed by atoms with Gasteiger partial charge in [-0.05, 0) is 6.07 Å². The highest BCUT2D eigenvalue weighted by Crippen LogP contribution is 2.22.